The SMILES string of the molecule is CC(OC(=O)CSc1ccc(Cl)cc1)C(=O)NC(C)c1ccccc1. The number of benzene rings is 2. The molecule has 2 aromatic rings. The van der Waals surface area contributed by atoms with Gasteiger partial charge in [-0.3, -0.25) is 9.59 Å². The molecule has 2 atom stereocenters. The van der Waals surface area contributed by atoms with Gasteiger partial charge in [-0.1, -0.05) is 41.9 Å². The van der Waals surface area contributed by atoms with Crippen LogP contribution < -0.4 is 5.32 Å². The summed E-state index contributed by atoms with van der Waals surface area (Å²) in [6.07, 6.45) is -0.843. The maximum Gasteiger partial charge on any atom is 0.317 e. The Morgan fingerprint density at radius 2 is 1.72 bits per heavy atom. The molecule has 0 saturated carbocycles. The molecule has 0 bridgehead atoms. The molecule has 0 heterocycles. The van der Waals surface area contributed by atoms with Crippen LogP contribution in [-0.4, -0.2) is 23.7 Å². The van der Waals surface area contributed by atoms with Gasteiger partial charge in [-0.25, -0.2) is 0 Å². The van der Waals surface area contributed by atoms with E-state index in [1.165, 1.54) is 11.8 Å². The number of hydrogen-bond donors (Lipinski definition) is 1. The first kappa shape index (κ1) is 19.3. The Morgan fingerprint density at radius 1 is 1.08 bits per heavy atom. The van der Waals surface area contributed by atoms with Crippen molar-refractivity contribution in [1.82, 2.24) is 5.32 Å². The number of rotatable bonds is 7. The third-order valence-electron chi connectivity index (χ3n) is 3.51. The average molecular weight is 378 g/mol. The quantitative estimate of drug-likeness (QED) is 0.579. The minimum atomic E-state index is -0.843. The van der Waals surface area contributed by atoms with Crippen LogP contribution in [0, 0.1) is 0 Å². The van der Waals surface area contributed by atoms with E-state index in [2.05, 4.69) is 5.32 Å². The van der Waals surface area contributed by atoms with E-state index in [1.807, 2.05) is 49.4 Å². The summed E-state index contributed by atoms with van der Waals surface area (Å²) in [6, 6.07) is 16.6. The third kappa shape index (κ3) is 6.44. The van der Waals surface area contributed by atoms with E-state index in [-0.39, 0.29) is 17.7 Å². The highest BCUT2D eigenvalue weighted by molar-refractivity contribution is 8.00. The second-order valence-electron chi connectivity index (χ2n) is 5.52. The predicted molar refractivity (Wildman–Crippen MR) is 101 cm³/mol. The largest absolute Gasteiger partial charge is 0.452 e. The van der Waals surface area contributed by atoms with E-state index in [0.717, 1.165) is 10.5 Å². The molecule has 2 aromatic carbocycles. The fourth-order valence-electron chi connectivity index (χ4n) is 2.11. The number of hydrogen-bond acceptors (Lipinski definition) is 4. The molecule has 0 aliphatic carbocycles. The van der Waals surface area contributed by atoms with Crippen molar-refractivity contribution in [2.75, 3.05) is 5.75 Å². The minimum absolute atomic E-state index is 0.132. The first-order valence-corrected chi connectivity index (χ1v) is 9.25. The van der Waals surface area contributed by atoms with Crippen molar-refractivity contribution in [3.8, 4) is 0 Å². The number of esters is 1. The first-order valence-electron chi connectivity index (χ1n) is 7.89. The van der Waals surface area contributed by atoms with Gasteiger partial charge in [0.25, 0.3) is 5.91 Å². The van der Waals surface area contributed by atoms with Crippen molar-refractivity contribution in [3.63, 3.8) is 0 Å². The van der Waals surface area contributed by atoms with Crippen molar-refractivity contribution in [2.45, 2.75) is 30.9 Å². The summed E-state index contributed by atoms with van der Waals surface area (Å²) in [5.41, 5.74) is 0.993. The van der Waals surface area contributed by atoms with Gasteiger partial charge in [0.15, 0.2) is 6.10 Å². The van der Waals surface area contributed by atoms with Crippen LogP contribution in [0.4, 0.5) is 0 Å². The molecule has 132 valence electrons. The van der Waals surface area contributed by atoms with Gasteiger partial charge in [-0.2, -0.15) is 0 Å². The summed E-state index contributed by atoms with van der Waals surface area (Å²) in [7, 11) is 0. The van der Waals surface area contributed by atoms with E-state index in [9.17, 15) is 9.59 Å². The summed E-state index contributed by atoms with van der Waals surface area (Å²) >= 11 is 7.16. The molecule has 0 aliphatic rings. The lowest BCUT2D eigenvalue weighted by Gasteiger charge is -2.18. The second-order valence-corrected chi connectivity index (χ2v) is 7.00. The molecule has 0 aromatic heterocycles. The number of thioether (sulfide) groups is 1. The molecule has 0 radical (unpaired) electrons. The standard InChI is InChI=1S/C19H20ClNO3S/c1-13(15-6-4-3-5-7-15)21-19(23)14(2)24-18(22)12-25-17-10-8-16(20)9-11-17/h3-11,13-14H,12H2,1-2H3,(H,21,23). The number of carbonyl (C=O) groups is 2. The highest BCUT2D eigenvalue weighted by Gasteiger charge is 2.20. The van der Waals surface area contributed by atoms with E-state index in [0.29, 0.717) is 5.02 Å². The molecule has 1 amide bonds. The summed E-state index contributed by atoms with van der Waals surface area (Å²) in [4.78, 5) is 25.0. The molecule has 0 saturated heterocycles. The lowest BCUT2D eigenvalue weighted by molar-refractivity contribution is -0.152. The van der Waals surface area contributed by atoms with Crippen molar-refractivity contribution in [3.05, 3.63) is 65.2 Å². The Kier molecular flexibility index (Phi) is 7.34. The molecular weight excluding hydrogens is 358 g/mol. The van der Waals surface area contributed by atoms with Crippen LogP contribution in [0.25, 0.3) is 0 Å². The molecule has 2 unspecified atom stereocenters. The topological polar surface area (TPSA) is 55.4 Å². The zero-order chi connectivity index (χ0) is 18.2. The van der Waals surface area contributed by atoms with E-state index in [4.69, 9.17) is 16.3 Å². The summed E-state index contributed by atoms with van der Waals surface area (Å²) < 4.78 is 5.20. The van der Waals surface area contributed by atoms with Gasteiger partial charge < -0.3 is 10.1 Å². The second kappa shape index (κ2) is 9.49. The van der Waals surface area contributed by atoms with Gasteiger partial charge in [0, 0.05) is 9.92 Å². The number of nitrogens with one attached hydrogen (secondary N) is 1. The lowest BCUT2D eigenvalue weighted by atomic mass is 10.1. The Labute approximate surface area is 156 Å². The molecular formula is C19H20ClNO3S. The van der Waals surface area contributed by atoms with Crippen LogP contribution in [0.5, 0.6) is 0 Å². The summed E-state index contributed by atoms with van der Waals surface area (Å²) in [5, 5.41) is 3.49. The molecule has 6 heteroatoms. The maximum atomic E-state index is 12.2. The van der Waals surface area contributed by atoms with Crippen LogP contribution >= 0.6 is 23.4 Å². The minimum Gasteiger partial charge on any atom is -0.452 e. The van der Waals surface area contributed by atoms with E-state index < -0.39 is 12.1 Å². The highest BCUT2D eigenvalue weighted by Crippen LogP contribution is 2.20. The monoisotopic (exact) mass is 377 g/mol. The van der Waals surface area contributed by atoms with Gasteiger partial charge in [0.05, 0.1) is 11.8 Å². The molecule has 4 nitrogen and oxygen atoms in total. The molecule has 2 rings (SSSR count). The van der Waals surface area contributed by atoms with Crippen LogP contribution in [-0.2, 0) is 14.3 Å². The normalized spacial score (nSPS) is 12.9. The van der Waals surface area contributed by atoms with Crippen molar-refractivity contribution in [2.24, 2.45) is 0 Å². The van der Waals surface area contributed by atoms with Gasteiger partial charge in [0.1, 0.15) is 0 Å². The van der Waals surface area contributed by atoms with Gasteiger partial charge in [-0.05, 0) is 43.7 Å². The third-order valence-corrected chi connectivity index (χ3v) is 4.74. The van der Waals surface area contributed by atoms with E-state index >= 15 is 0 Å². The summed E-state index contributed by atoms with van der Waals surface area (Å²) in [6.45, 7) is 3.45. The van der Waals surface area contributed by atoms with Gasteiger partial charge in [0.2, 0.25) is 0 Å². The molecule has 1 N–H and O–H groups in total. The lowest BCUT2D eigenvalue weighted by Crippen LogP contribution is -2.37. The van der Waals surface area contributed by atoms with Crippen LogP contribution in [0.2, 0.25) is 5.02 Å². The average Bonchev–Trinajstić information content (AvgIpc) is 2.61. The molecule has 0 spiro atoms. The smallest absolute Gasteiger partial charge is 0.317 e. The Balaban J connectivity index is 1.77. The molecule has 0 fully saturated rings. The molecule has 0 aliphatic heterocycles. The van der Waals surface area contributed by atoms with Crippen LogP contribution in [0.3, 0.4) is 0 Å². The number of halogens is 1. The fourth-order valence-corrected chi connectivity index (χ4v) is 2.92. The highest BCUT2D eigenvalue weighted by atomic mass is 35.5. The van der Waals surface area contributed by atoms with Crippen molar-refractivity contribution >= 4 is 35.2 Å². The first-order chi connectivity index (χ1) is 12.0. The summed E-state index contributed by atoms with van der Waals surface area (Å²) in [5.74, 6) is -0.621. The van der Waals surface area contributed by atoms with Crippen molar-refractivity contribution < 1.29 is 14.3 Å². The van der Waals surface area contributed by atoms with Crippen molar-refractivity contribution in [1.29, 1.82) is 0 Å². The predicted octanol–water partition coefficient (Wildman–Crippen LogP) is 4.24. The van der Waals surface area contributed by atoms with Crippen LogP contribution in [0.15, 0.2) is 59.5 Å². The number of amides is 1. The fraction of sp³-hybridized carbons (Fsp3) is 0.263. The molecule has 25 heavy (non-hydrogen) atoms. The zero-order valence-corrected chi connectivity index (χ0v) is 15.6. The van der Waals surface area contributed by atoms with Gasteiger partial charge >= 0.3 is 5.97 Å². The number of ether oxygens (including phenoxy) is 1. The van der Waals surface area contributed by atoms with Gasteiger partial charge in [-0.15, -0.1) is 11.8 Å². The Bertz CT molecular complexity index is 706. The number of carbonyl (C=O) groups excluding carboxylic acids is 2. The Morgan fingerprint density at radius 3 is 2.36 bits per heavy atom. The Hall–Kier alpha value is -1.98. The maximum absolute atomic E-state index is 12.2. The van der Waals surface area contributed by atoms with Crippen LogP contribution in [0.1, 0.15) is 25.5 Å². The van der Waals surface area contributed by atoms with E-state index in [1.54, 1.807) is 19.1 Å². The zero-order valence-electron chi connectivity index (χ0n) is 14.1.